The van der Waals surface area contributed by atoms with Crippen LogP contribution in [0.15, 0.2) is 18.2 Å². The molecule has 0 bridgehead atoms. The monoisotopic (exact) mass is 222 g/mol. The Bertz CT molecular complexity index is 443. The van der Waals surface area contributed by atoms with Crippen molar-refractivity contribution in [3.63, 3.8) is 0 Å². The van der Waals surface area contributed by atoms with Gasteiger partial charge in [0.2, 0.25) is 5.91 Å². The molecule has 1 amide bonds. The number of nitrogen functional groups attached to an aromatic ring is 1. The van der Waals surface area contributed by atoms with Crippen molar-refractivity contribution >= 4 is 17.3 Å². The lowest BCUT2D eigenvalue weighted by molar-refractivity contribution is -0.117. The van der Waals surface area contributed by atoms with E-state index in [4.69, 9.17) is 5.73 Å². The molecule has 3 N–H and O–H groups in total. The van der Waals surface area contributed by atoms with Gasteiger partial charge in [-0.2, -0.15) is 0 Å². The highest BCUT2D eigenvalue weighted by molar-refractivity contribution is 5.97. The first-order valence-electron chi connectivity index (χ1n) is 5.26. The SMILES string of the molecule is CC1(C)CC1C(=O)Nc1ccc(F)cc1N. The molecule has 3 nitrogen and oxygen atoms in total. The number of carbonyl (C=O) groups excluding carboxylic acids is 1. The van der Waals surface area contributed by atoms with E-state index in [9.17, 15) is 9.18 Å². The Morgan fingerprint density at radius 1 is 1.56 bits per heavy atom. The van der Waals surface area contributed by atoms with E-state index < -0.39 is 5.82 Å². The summed E-state index contributed by atoms with van der Waals surface area (Å²) in [4.78, 5) is 11.8. The molecule has 0 saturated heterocycles. The highest BCUT2D eigenvalue weighted by Gasteiger charge is 2.50. The van der Waals surface area contributed by atoms with Crippen LogP contribution in [0.2, 0.25) is 0 Å². The number of nitrogens with two attached hydrogens (primary N) is 1. The van der Waals surface area contributed by atoms with Crippen LogP contribution in [0, 0.1) is 17.2 Å². The molecule has 1 aromatic carbocycles. The number of benzene rings is 1. The summed E-state index contributed by atoms with van der Waals surface area (Å²) in [5.41, 5.74) is 6.42. The Balaban J connectivity index is 2.07. The summed E-state index contributed by atoms with van der Waals surface area (Å²) in [6, 6.07) is 3.97. The van der Waals surface area contributed by atoms with Crippen molar-refractivity contribution in [1.29, 1.82) is 0 Å². The topological polar surface area (TPSA) is 55.1 Å². The molecule has 1 saturated carbocycles. The zero-order valence-corrected chi connectivity index (χ0v) is 9.38. The third-order valence-corrected chi connectivity index (χ3v) is 3.10. The van der Waals surface area contributed by atoms with Crippen LogP contribution in [-0.4, -0.2) is 5.91 Å². The molecule has 4 heteroatoms. The minimum Gasteiger partial charge on any atom is -0.397 e. The van der Waals surface area contributed by atoms with E-state index in [1.165, 1.54) is 18.2 Å². The van der Waals surface area contributed by atoms with Crippen molar-refractivity contribution in [3.8, 4) is 0 Å². The Morgan fingerprint density at radius 3 is 2.69 bits per heavy atom. The maximum atomic E-state index is 12.8. The number of nitrogens with one attached hydrogen (secondary N) is 1. The second-order valence-electron chi connectivity index (χ2n) is 4.97. The maximum absolute atomic E-state index is 12.8. The third-order valence-electron chi connectivity index (χ3n) is 3.10. The summed E-state index contributed by atoms with van der Waals surface area (Å²) in [6.07, 6.45) is 0.889. The van der Waals surface area contributed by atoms with Crippen molar-refractivity contribution in [2.24, 2.45) is 11.3 Å². The van der Waals surface area contributed by atoms with Gasteiger partial charge in [0.05, 0.1) is 11.4 Å². The lowest BCUT2D eigenvalue weighted by atomic mass is 10.1. The number of carbonyl (C=O) groups is 1. The van der Waals surface area contributed by atoms with E-state index >= 15 is 0 Å². The molecule has 86 valence electrons. The van der Waals surface area contributed by atoms with Gasteiger partial charge in [0, 0.05) is 5.92 Å². The van der Waals surface area contributed by atoms with E-state index in [-0.39, 0.29) is 22.9 Å². The minimum absolute atomic E-state index is 0.0386. The van der Waals surface area contributed by atoms with Crippen LogP contribution in [0.4, 0.5) is 15.8 Å². The predicted molar refractivity (Wildman–Crippen MR) is 61.3 cm³/mol. The van der Waals surface area contributed by atoms with Gasteiger partial charge >= 0.3 is 0 Å². The third kappa shape index (κ3) is 2.01. The molecule has 1 atom stereocenters. The Morgan fingerprint density at radius 2 is 2.19 bits per heavy atom. The van der Waals surface area contributed by atoms with E-state index in [0.717, 1.165) is 6.42 Å². The molecule has 1 aliphatic rings. The lowest BCUT2D eigenvalue weighted by Crippen LogP contribution is -2.17. The maximum Gasteiger partial charge on any atom is 0.228 e. The van der Waals surface area contributed by atoms with Gasteiger partial charge in [-0.1, -0.05) is 13.8 Å². The molecule has 2 rings (SSSR count). The average molecular weight is 222 g/mol. The normalized spacial score (nSPS) is 21.6. The summed E-state index contributed by atoms with van der Waals surface area (Å²) in [5, 5.41) is 2.72. The zero-order valence-electron chi connectivity index (χ0n) is 9.38. The summed E-state index contributed by atoms with van der Waals surface area (Å²) >= 11 is 0. The van der Waals surface area contributed by atoms with Crippen LogP contribution in [0.5, 0.6) is 0 Å². The van der Waals surface area contributed by atoms with Crippen LogP contribution >= 0.6 is 0 Å². The summed E-state index contributed by atoms with van der Waals surface area (Å²) in [6.45, 7) is 4.09. The fraction of sp³-hybridized carbons (Fsp3) is 0.417. The van der Waals surface area contributed by atoms with Crippen molar-refractivity contribution in [2.45, 2.75) is 20.3 Å². The summed E-state index contributed by atoms with van der Waals surface area (Å²) in [5.74, 6) is -0.400. The predicted octanol–water partition coefficient (Wildman–Crippen LogP) is 2.39. The molecule has 16 heavy (non-hydrogen) atoms. The van der Waals surface area contributed by atoms with Crippen molar-refractivity contribution in [2.75, 3.05) is 11.1 Å². The molecule has 0 heterocycles. The molecule has 1 unspecified atom stereocenters. The van der Waals surface area contributed by atoms with Crippen LogP contribution in [0.3, 0.4) is 0 Å². The number of anilines is 2. The lowest BCUT2D eigenvalue weighted by Gasteiger charge is -2.08. The number of amides is 1. The van der Waals surface area contributed by atoms with Crippen molar-refractivity contribution in [1.82, 2.24) is 0 Å². The van der Waals surface area contributed by atoms with E-state index in [0.29, 0.717) is 5.69 Å². The molecule has 0 spiro atoms. The van der Waals surface area contributed by atoms with Crippen molar-refractivity contribution < 1.29 is 9.18 Å². The van der Waals surface area contributed by atoms with Gasteiger partial charge in [0.15, 0.2) is 0 Å². The van der Waals surface area contributed by atoms with E-state index in [2.05, 4.69) is 5.32 Å². The van der Waals surface area contributed by atoms with E-state index in [1.54, 1.807) is 0 Å². The van der Waals surface area contributed by atoms with Crippen LogP contribution in [0.25, 0.3) is 0 Å². The Hall–Kier alpha value is -1.58. The molecule has 1 fully saturated rings. The smallest absolute Gasteiger partial charge is 0.228 e. The van der Waals surface area contributed by atoms with Gasteiger partial charge in [-0.3, -0.25) is 4.79 Å². The molecular weight excluding hydrogens is 207 g/mol. The highest BCUT2D eigenvalue weighted by Crippen LogP contribution is 2.52. The van der Waals surface area contributed by atoms with Gasteiger partial charge in [0.1, 0.15) is 5.82 Å². The number of rotatable bonds is 2. The fourth-order valence-electron chi connectivity index (χ4n) is 1.78. The van der Waals surface area contributed by atoms with Gasteiger partial charge in [-0.25, -0.2) is 4.39 Å². The number of hydrogen-bond acceptors (Lipinski definition) is 2. The Kier molecular flexibility index (Phi) is 2.37. The minimum atomic E-state index is -0.401. The van der Waals surface area contributed by atoms with Crippen LogP contribution in [0.1, 0.15) is 20.3 Å². The largest absolute Gasteiger partial charge is 0.397 e. The zero-order chi connectivity index (χ0) is 11.9. The average Bonchev–Trinajstić information content (AvgIpc) is 2.80. The number of halogens is 1. The molecular formula is C12H15FN2O. The Labute approximate surface area is 93.8 Å². The quantitative estimate of drug-likeness (QED) is 0.755. The standard InChI is InChI=1S/C12H15FN2O/c1-12(2)6-8(12)11(16)15-10-4-3-7(13)5-9(10)14/h3-5,8H,6,14H2,1-2H3,(H,15,16). The molecule has 1 aromatic rings. The summed E-state index contributed by atoms with van der Waals surface area (Å²) in [7, 11) is 0. The molecule has 1 aliphatic carbocycles. The van der Waals surface area contributed by atoms with Crippen LogP contribution < -0.4 is 11.1 Å². The van der Waals surface area contributed by atoms with E-state index in [1.807, 2.05) is 13.8 Å². The van der Waals surface area contributed by atoms with Gasteiger partial charge in [-0.05, 0) is 30.0 Å². The highest BCUT2D eigenvalue weighted by atomic mass is 19.1. The molecule has 0 radical (unpaired) electrons. The van der Waals surface area contributed by atoms with Gasteiger partial charge in [0.25, 0.3) is 0 Å². The van der Waals surface area contributed by atoms with Gasteiger partial charge < -0.3 is 11.1 Å². The first-order valence-corrected chi connectivity index (χ1v) is 5.26. The fourth-order valence-corrected chi connectivity index (χ4v) is 1.78. The van der Waals surface area contributed by atoms with Crippen molar-refractivity contribution in [3.05, 3.63) is 24.0 Å². The second-order valence-corrected chi connectivity index (χ2v) is 4.97. The molecule has 0 aromatic heterocycles. The van der Waals surface area contributed by atoms with Crippen LogP contribution in [-0.2, 0) is 4.79 Å². The number of hydrogen-bond donors (Lipinski definition) is 2. The first-order chi connectivity index (χ1) is 7.40. The molecule has 0 aliphatic heterocycles. The van der Waals surface area contributed by atoms with Gasteiger partial charge in [-0.15, -0.1) is 0 Å². The first kappa shape index (κ1) is 10.9. The second kappa shape index (κ2) is 3.47. The summed E-state index contributed by atoms with van der Waals surface area (Å²) < 4.78 is 12.8.